The Bertz CT molecular complexity index is 393. The van der Waals surface area contributed by atoms with Crippen molar-refractivity contribution in [2.45, 2.75) is 33.1 Å². The molecule has 0 aliphatic rings. The van der Waals surface area contributed by atoms with Crippen LogP contribution in [0.5, 0.6) is 5.75 Å². The summed E-state index contributed by atoms with van der Waals surface area (Å²) in [4.78, 5) is 12.2. The number of amides is 1. The highest BCUT2D eigenvalue weighted by Gasteiger charge is 2.29. The van der Waals surface area contributed by atoms with Crippen LogP contribution >= 0.6 is 0 Å². The first kappa shape index (κ1) is 14.6. The number of nitrogens with one attached hydrogen (secondary N) is 1. The Morgan fingerprint density at radius 3 is 2.28 bits per heavy atom. The van der Waals surface area contributed by atoms with Gasteiger partial charge in [-0.25, -0.2) is 0 Å². The third-order valence-corrected chi connectivity index (χ3v) is 3.05. The molecule has 0 spiro atoms. The zero-order valence-corrected chi connectivity index (χ0v) is 11.9. The van der Waals surface area contributed by atoms with Gasteiger partial charge < -0.3 is 10.1 Å². The fourth-order valence-electron chi connectivity index (χ4n) is 1.66. The van der Waals surface area contributed by atoms with Crippen LogP contribution in [-0.4, -0.2) is 19.6 Å². The lowest BCUT2D eigenvalue weighted by atomic mass is 9.83. The van der Waals surface area contributed by atoms with Crippen molar-refractivity contribution in [2.75, 3.05) is 13.7 Å². The van der Waals surface area contributed by atoms with Crippen LogP contribution in [-0.2, 0) is 10.2 Å². The van der Waals surface area contributed by atoms with Crippen molar-refractivity contribution >= 4 is 5.91 Å². The highest BCUT2D eigenvalue weighted by molar-refractivity contribution is 5.87. The molecule has 0 bridgehead atoms. The summed E-state index contributed by atoms with van der Waals surface area (Å²) in [6.45, 7) is 8.74. The van der Waals surface area contributed by atoms with Crippen LogP contribution in [0.3, 0.4) is 0 Å². The van der Waals surface area contributed by atoms with E-state index in [4.69, 9.17) is 4.74 Å². The Labute approximate surface area is 110 Å². The number of carbonyl (C=O) groups is 1. The molecule has 1 aromatic carbocycles. The van der Waals surface area contributed by atoms with Crippen LogP contribution in [0, 0.1) is 5.92 Å². The minimum absolute atomic E-state index is 0.0568. The summed E-state index contributed by atoms with van der Waals surface area (Å²) < 4.78 is 5.12. The molecular formula is C15H23NO2. The quantitative estimate of drug-likeness (QED) is 0.871. The predicted octanol–water partition coefficient (Wildman–Crippen LogP) is 2.75. The number of hydrogen-bond acceptors (Lipinski definition) is 2. The van der Waals surface area contributed by atoms with Gasteiger partial charge in [0.05, 0.1) is 12.5 Å². The summed E-state index contributed by atoms with van der Waals surface area (Å²) >= 11 is 0. The summed E-state index contributed by atoms with van der Waals surface area (Å²) in [7, 11) is 1.63. The summed E-state index contributed by atoms with van der Waals surface area (Å²) in [5.74, 6) is 1.32. The summed E-state index contributed by atoms with van der Waals surface area (Å²) in [6, 6.07) is 7.64. The van der Waals surface area contributed by atoms with Crippen molar-refractivity contribution in [2.24, 2.45) is 5.92 Å². The largest absolute Gasteiger partial charge is 0.497 e. The summed E-state index contributed by atoms with van der Waals surface area (Å²) in [5, 5.41) is 2.98. The van der Waals surface area contributed by atoms with Crippen molar-refractivity contribution in [3.63, 3.8) is 0 Å². The Balaban J connectivity index is 2.80. The molecule has 18 heavy (non-hydrogen) atoms. The maximum Gasteiger partial charge on any atom is 0.230 e. The monoisotopic (exact) mass is 249 g/mol. The SMILES string of the molecule is COc1ccc(C(C)(C)C(=O)NCC(C)C)cc1. The first-order valence-electron chi connectivity index (χ1n) is 6.30. The zero-order valence-electron chi connectivity index (χ0n) is 11.9. The van der Waals surface area contributed by atoms with E-state index in [1.54, 1.807) is 7.11 Å². The molecule has 100 valence electrons. The average molecular weight is 249 g/mol. The van der Waals surface area contributed by atoms with Crippen molar-refractivity contribution in [3.8, 4) is 5.75 Å². The van der Waals surface area contributed by atoms with Crippen LogP contribution in [0.2, 0.25) is 0 Å². The van der Waals surface area contributed by atoms with Gasteiger partial charge in [-0.3, -0.25) is 4.79 Å². The number of hydrogen-bond donors (Lipinski definition) is 1. The molecule has 0 fully saturated rings. The number of methoxy groups -OCH3 is 1. The number of rotatable bonds is 5. The van der Waals surface area contributed by atoms with E-state index in [-0.39, 0.29) is 5.91 Å². The molecule has 3 heteroatoms. The van der Waals surface area contributed by atoms with Gasteiger partial charge in [0.2, 0.25) is 5.91 Å². The Morgan fingerprint density at radius 1 is 1.28 bits per heavy atom. The van der Waals surface area contributed by atoms with E-state index in [2.05, 4.69) is 19.2 Å². The molecule has 1 rings (SSSR count). The van der Waals surface area contributed by atoms with E-state index in [1.165, 1.54) is 0 Å². The minimum atomic E-state index is -0.527. The molecule has 0 heterocycles. The van der Waals surface area contributed by atoms with Gasteiger partial charge in [0.15, 0.2) is 0 Å². The lowest BCUT2D eigenvalue weighted by molar-refractivity contribution is -0.125. The highest BCUT2D eigenvalue weighted by atomic mass is 16.5. The van der Waals surface area contributed by atoms with E-state index in [0.717, 1.165) is 11.3 Å². The number of ether oxygens (including phenoxy) is 1. The predicted molar refractivity (Wildman–Crippen MR) is 73.9 cm³/mol. The van der Waals surface area contributed by atoms with Crippen LogP contribution in [0.4, 0.5) is 0 Å². The fraction of sp³-hybridized carbons (Fsp3) is 0.533. The second kappa shape index (κ2) is 5.89. The molecule has 0 saturated heterocycles. The van der Waals surface area contributed by atoms with Crippen molar-refractivity contribution in [1.29, 1.82) is 0 Å². The van der Waals surface area contributed by atoms with Gasteiger partial charge in [0, 0.05) is 6.54 Å². The summed E-state index contributed by atoms with van der Waals surface area (Å²) in [5.41, 5.74) is 0.464. The smallest absolute Gasteiger partial charge is 0.230 e. The normalized spacial score (nSPS) is 11.4. The average Bonchev–Trinajstić information content (AvgIpc) is 2.35. The maximum absolute atomic E-state index is 12.2. The van der Waals surface area contributed by atoms with Crippen LogP contribution in [0.25, 0.3) is 0 Å². The highest BCUT2D eigenvalue weighted by Crippen LogP contribution is 2.25. The lowest BCUT2D eigenvalue weighted by Gasteiger charge is -2.25. The van der Waals surface area contributed by atoms with Crippen LogP contribution in [0.1, 0.15) is 33.3 Å². The molecule has 0 radical (unpaired) electrons. The third kappa shape index (κ3) is 3.49. The van der Waals surface area contributed by atoms with Gasteiger partial charge in [0.1, 0.15) is 5.75 Å². The Morgan fingerprint density at radius 2 is 1.83 bits per heavy atom. The molecule has 1 aromatic rings. The second-order valence-electron chi connectivity index (χ2n) is 5.46. The number of carbonyl (C=O) groups excluding carboxylic acids is 1. The second-order valence-corrected chi connectivity index (χ2v) is 5.46. The molecule has 0 unspecified atom stereocenters. The first-order chi connectivity index (χ1) is 8.37. The minimum Gasteiger partial charge on any atom is -0.497 e. The van der Waals surface area contributed by atoms with Gasteiger partial charge in [-0.1, -0.05) is 26.0 Å². The summed E-state index contributed by atoms with van der Waals surface area (Å²) in [6.07, 6.45) is 0. The molecule has 0 saturated carbocycles. The van der Waals surface area contributed by atoms with E-state index < -0.39 is 5.41 Å². The van der Waals surface area contributed by atoms with E-state index in [0.29, 0.717) is 12.5 Å². The van der Waals surface area contributed by atoms with Gasteiger partial charge in [0.25, 0.3) is 0 Å². The Hall–Kier alpha value is -1.51. The van der Waals surface area contributed by atoms with E-state index in [1.807, 2.05) is 38.1 Å². The molecule has 0 aromatic heterocycles. The van der Waals surface area contributed by atoms with Crippen molar-refractivity contribution in [1.82, 2.24) is 5.32 Å². The molecule has 1 amide bonds. The van der Waals surface area contributed by atoms with E-state index >= 15 is 0 Å². The van der Waals surface area contributed by atoms with Crippen LogP contribution < -0.4 is 10.1 Å². The topological polar surface area (TPSA) is 38.3 Å². The fourth-order valence-corrected chi connectivity index (χ4v) is 1.66. The van der Waals surface area contributed by atoms with E-state index in [9.17, 15) is 4.79 Å². The van der Waals surface area contributed by atoms with Crippen LogP contribution in [0.15, 0.2) is 24.3 Å². The molecule has 3 nitrogen and oxygen atoms in total. The number of benzene rings is 1. The van der Waals surface area contributed by atoms with Crippen molar-refractivity contribution < 1.29 is 9.53 Å². The molecule has 0 aliphatic carbocycles. The molecule has 1 N–H and O–H groups in total. The van der Waals surface area contributed by atoms with Gasteiger partial charge >= 0.3 is 0 Å². The molecular weight excluding hydrogens is 226 g/mol. The van der Waals surface area contributed by atoms with Gasteiger partial charge in [-0.2, -0.15) is 0 Å². The third-order valence-electron chi connectivity index (χ3n) is 3.05. The van der Waals surface area contributed by atoms with Gasteiger partial charge in [-0.15, -0.1) is 0 Å². The Kier molecular flexibility index (Phi) is 4.76. The van der Waals surface area contributed by atoms with Gasteiger partial charge in [-0.05, 0) is 37.5 Å². The van der Waals surface area contributed by atoms with Crippen molar-refractivity contribution in [3.05, 3.63) is 29.8 Å². The zero-order chi connectivity index (χ0) is 13.8. The first-order valence-corrected chi connectivity index (χ1v) is 6.30. The maximum atomic E-state index is 12.2. The standard InChI is InChI=1S/C15H23NO2/c1-11(2)10-16-14(17)15(3,4)12-6-8-13(18-5)9-7-12/h6-9,11H,10H2,1-5H3,(H,16,17). The molecule has 0 atom stereocenters. The lowest BCUT2D eigenvalue weighted by Crippen LogP contribution is -2.41. The molecule has 0 aliphatic heterocycles.